The first kappa shape index (κ1) is 37.6. The molecular formula is C36H60O4. The van der Waals surface area contributed by atoms with E-state index in [0.717, 1.165) is 77.0 Å². The standard InChI is InChI=1S/C36H60O4/c1-3-5-7-9-11-13-15-17-18-19-21-23-25-27-29-31-36(39)40-34(32-33-35(37)38)30-28-26-24-22-20-16-14-12-10-8-6-4-2/h5,7,11-14,17-18,20,22,34H,3-4,6,8-10,15-16,19,21,23-33H2,1-2H3,(H,37,38)/b7-5-,13-11-,14-12-,18-17-,22-20-. The van der Waals surface area contributed by atoms with Gasteiger partial charge in [-0.2, -0.15) is 0 Å². The summed E-state index contributed by atoms with van der Waals surface area (Å²) in [6.07, 6.45) is 42.2. The van der Waals surface area contributed by atoms with Gasteiger partial charge in [0.05, 0.1) is 0 Å². The molecule has 4 nitrogen and oxygen atoms in total. The number of carboxylic acids is 1. The fourth-order valence-electron chi connectivity index (χ4n) is 4.33. The van der Waals surface area contributed by atoms with Gasteiger partial charge in [0.2, 0.25) is 0 Å². The fraction of sp³-hybridized carbons (Fsp3) is 0.667. The summed E-state index contributed by atoms with van der Waals surface area (Å²) >= 11 is 0. The van der Waals surface area contributed by atoms with Crippen LogP contribution in [0.25, 0.3) is 0 Å². The van der Waals surface area contributed by atoms with E-state index in [4.69, 9.17) is 9.84 Å². The predicted molar refractivity (Wildman–Crippen MR) is 172 cm³/mol. The molecule has 0 bridgehead atoms. The van der Waals surface area contributed by atoms with E-state index in [1.54, 1.807) is 0 Å². The molecule has 0 saturated carbocycles. The number of ether oxygens (including phenoxy) is 1. The summed E-state index contributed by atoms with van der Waals surface area (Å²) in [6, 6.07) is 0. The SMILES string of the molecule is CC/C=C\C/C=C\C/C=C\CCCCCCCC(=O)OC(CCCC/C=C\C/C=C\CCCCC)CCC(=O)O. The highest BCUT2D eigenvalue weighted by Crippen LogP contribution is 2.15. The van der Waals surface area contributed by atoms with Gasteiger partial charge in [0.25, 0.3) is 0 Å². The molecule has 0 spiro atoms. The molecule has 228 valence electrons. The quantitative estimate of drug-likeness (QED) is 0.0591. The molecule has 4 heteroatoms. The smallest absolute Gasteiger partial charge is 0.306 e. The Labute approximate surface area is 246 Å². The molecule has 0 amide bonds. The first-order valence-electron chi connectivity index (χ1n) is 16.3. The molecule has 0 aliphatic heterocycles. The molecule has 0 fully saturated rings. The Balaban J connectivity index is 3.92. The Morgan fingerprint density at radius 3 is 1.65 bits per heavy atom. The maximum atomic E-state index is 12.3. The Kier molecular flexibility index (Phi) is 29.3. The van der Waals surface area contributed by atoms with Gasteiger partial charge in [-0.25, -0.2) is 0 Å². The molecule has 0 aliphatic carbocycles. The van der Waals surface area contributed by atoms with E-state index in [-0.39, 0.29) is 18.5 Å². The van der Waals surface area contributed by atoms with Crippen molar-refractivity contribution in [1.82, 2.24) is 0 Å². The summed E-state index contributed by atoms with van der Waals surface area (Å²) in [7, 11) is 0. The lowest BCUT2D eigenvalue weighted by Crippen LogP contribution is -2.19. The van der Waals surface area contributed by atoms with Gasteiger partial charge in [0.1, 0.15) is 6.10 Å². The van der Waals surface area contributed by atoms with Crippen LogP contribution in [0.1, 0.15) is 149 Å². The van der Waals surface area contributed by atoms with Crippen LogP contribution in [0.15, 0.2) is 60.8 Å². The van der Waals surface area contributed by atoms with Crippen LogP contribution in [0.5, 0.6) is 0 Å². The number of carbonyl (C=O) groups is 2. The van der Waals surface area contributed by atoms with Gasteiger partial charge in [-0.1, -0.05) is 107 Å². The van der Waals surface area contributed by atoms with E-state index < -0.39 is 5.97 Å². The third-order valence-corrected chi connectivity index (χ3v) is 6.74. The van der Waals surface area contributed by atoms with Crippen molar-refractivity contribution in [3.63, 3.8) is 0 Å². The zero-order chi connectivity index (χ0) is 29.4. The lowest BCUT2D eigenvalue weighted by atomic mass is 10.1. The maximum Gasteiger partial charge on any atom is 0.306 e. The first-order chi connectivity index (χ1) is 19.6. The second-order valence-corrected chi connectivity index (χ2v) is 10.6. The molecule has 0 rings (SSSR count). The van der Waals surface area contributed by atoms with Crippen LogP contribution in [0.3, 0.4) is 0 Å². The average Bonchev–Trinajstić information content (AvgIpc) is 2.94. The van der Waals surface area contributed by atoms with Gasteiger partial charge in [-0.05, 0) is 89.9 Å². The number of carbonyl (C=O) groups excluding carboxylic acids is 1. The number of allylic oxidation sites excluding steroid dienone is 10. The molecular weight excluding hydrogens is 496 g/mol. The van der Waals surface area contributed by atoms with Gasteiger partial charge < -0.3 is 9.84 Å². The highest BCUT2D eigenvalue weighted by atomic mass is 16.5. The summed E-state index contributed by atoms with van der Waals surface area (Å²) in [5, 5.41) is 9.06. The van der Waals surface area contributed by atoms with Crippen LogP contribution in [-0.4, -0.2) is 23.1 Å². The largest absolute Gasteiger partial charge is 0.481 e. The lowest BCUT2D eigenvalue weighted by Gasteiger charge is -2.17. The molecule has 1 atom stereocenters. The van der Waals surface area contributed by atoms with Gasteiger partial charge in [-0.15, -0.1) is 0 Å². The molecule has 0 aromatic carbocycles. The number of hydrogen-bond donors (Lipinski definition) is 1. The molecule has 40 heavy (non-hydrogen) atoms. The summed E-state index contributed by atoms with van der Waals surface area (Å²) in [5.74, 6) is -1.01. The Morgan fingerprint density at radius 2 is 1.07 bits per heavy atom. The summed E-state index contributed by atoms with van der Waals surface area (Å²) in [4.78, 5) is 23.4. The third-order valence-electron chi connectivity index (χ3n) is 6.74. The van der Waals surface area contributed by atoms with Crippen LogP contribution in [0.2, 0.25) is 0 Å². The number of rotatable bonds is 28. The second-order valence-electron chi connectivity index (χ2n) is 10.6. The highest BCUT2D eigenvalue weighted by molar-refractivity contribution is 5.69. The van der Waals surface area contributed by atoms with Crippen molar-refractivity contribution in [2.75, 3.05) is 0 Å². The van der Waals surface area contributed by atoms with Gasteiger partial charge >= 0.3 is 11.9 Å². The Hall–Kier alpha value is -2.36. The predicted octanol–water partition coefficient (Wildman–Crippen LogP) is 11.0. The summed E-state index contributed by atoms with van der Waals surface area (Å²) < 4.78 is 5.67. The Bertz CT molecular complexity index is 729. The average molecular weight is 557 g/mol. The monoisotopic (exact) mass is 556 g/mol. The zero-order valence-corrected chi connectivity index (χ0v) is 25.9. The molecule has 1 unspecified atom stereocenters. The third kappa shape index (κ3) is 30.2. The minimum Gasteiger partial charge on any atom is -0.481 e. The van der Waals surface area contributed by atoms with Crippen molar-refractivity contribution in [3.05, 3.63) is 60.8 Å². The van der Waals surface area contributed by atoms with Crippen molar-refractivity contribution in [2.45, 2.75) is 155 Å². The van der Waals surface area contributed by atoms with E-state index in [0.29, 0.717) is 12.8 Å². The topological polar surface area (TPSA) is 63.6 Å². The van der Waals surface area contributed by atoms with Gasteiger partial charge in [0.15, 0.2) is 0 Å². The van der Waals surface area contributed by atoms with Crippen molar-refractivity contribution >= 4 is 11.9 Å². The molecule has 0 saturated heterocycles. The van der Waals surface area contributed by atoms with E-state index in [9.17, 15) is 9.59 Å². The fourth-order valence-corrected chi connectivity index (χ4v) is 4.33. The highest BCUT2D eigenvalue weighted by Gasteiger charge is 2.15. The van der Waals surface area contributed by atoms with Crippen LogP contribution in [0.4, 0.5) is 0 Å². The minimum atomic E-state index is -0.835. The molecule has 1 N–H and O–H groups in total. The maximum absolute atomic E-state index is 12.3. The molecule has 0 heterocycles. The van der Waals surface area contributed by atoms with Crippen LogP contribution in [0, 0.1) is 0 Å². The number of carboxylic acid groups (broad SMARTS) is 1. The van der Waals surface area contributed by atoms with Crippen molar-refractivity contribution in [2.24, 2.45) is 0 Å². The molecule has 0 aromatic rings. The number of aliphatic carboxylic acids is 1. The van der Waals surface area contributed by atoms with Crippen molar-refractivity contribution in [3.8, 4) is 0 Å². The normalized spacial score (nSPS) is 13.1. The Morgan fingerprint density at radius 1 is 0.575 bits per heavy atom. The lowest BCUT2D eigenvalue weighted by molar-refractivity contribution is -0.151. The van der Waals surface area contributed by atoms with E-state index in [2.05, 4.69) is 74.6 Å². The minimum absolute atomic E-state index is 0.0451. The summed E-state index contributed by atoms with van der Waals surface area (Å²) in [5.41, 5.74) is 0. The first-order valence-corrected chi connectivity index (χ1v) is 16.3. The van der Waals surface area contributed by atoms with Crippen molar-refractivity contribution in [1.29, 1.82) is 0 Å². The number of hydrogen-bond acceptors (Lipinski definition) is 3. The van der Waals surface area contributed by atoms with E-state index >= 15 is 0 Å². The van der Waals surface area contributed by atoms with Crippen LogP contribution < -0.4 is 0 Å². The van der Waals surface area contributed by atoms with E-state index in [1.165, 1.54) is 38.5 Å². The number of esters is 1. The van der Waals surface area contributed by atoms with E-state index in [1.807, 2.05) is 0 Å². The van der Waals surface area contributed by atoms with Gasteiger partial charge in [-0.3, -0.25) is 9.59 Å². The second kappa shape index (κ2) is 31.2. The summed E-state index contributed by atoms with van der Waals surface area (Å²) in [6.45, 7) is 4.38. The molecule has 0 aliphatic rings. The molecule has 0 aromatic heterocycles. The number of unbranched alkanes of at least 4 members (excludes halogenated alkanes) is 10. The van der Waals surface area contributed by atoms with Gasteiger partial charge in [0, 0.05) is 12.8 Å². The van der Waals surface area contributed by atoms with Crippen LogP contribution >= 0.6 is 0 Å². The zero-order valence-electron chi connectivity index (χ0n) is 25.9. The van der Waals surface area contributed by atoms with Crippen LogP contribution in [-0.2, 0) is 14.3 Å². The molecule has 0 radical (unpaired) electrons. The van der Waals surface area contributed by atoms with Crippen molar-refractivity contribution < 1.29 is 19.4 Å².